The zero-order chi connectivity index (χ0) is 14.5. The maximum Gasteiger partial charge on any atom is 0.0247 e. The van der Waals surface area contributed by atoms with Crippen LogP contribution in [0.2, 0.25) is 0 Å². The van der Waals surface area contributed by atoms with E-state index in [4.69, 9.17) is 0 Å². The molecule has 2 nitrogen and oxygen atoms in total. The Labute approximate surface area is 128 Å². The van der Waals surface area contributed by atoms with Crippen molar-refractivity contribution < 1.29 is 0 Å². The van der Waals surface area contributed by atoms with E-state index in [1.54, 1.807) is 0 Å². The summed E-state index contributed by atoms with van der Waals surface area (Å²) >= 11 is 1.81. The minimum Gasteiger partial charge on any atom is -0.316 e. The van der Waals surface area contributed by atoms with Crippen molar-refractivity contribution in [3.05, 3.63) is 22.4 Å². The molecule has 1 saturated carbocycles. The zero-order valence-corrected chi connectivity index (χ0v) is 14.2. The van der Waals surface area contributed by atoms with Crippen LogP contribution < -0.4 is 5.32 Å². The minimum absolute atomic E-state index is 0.655. The Bertz CT molecular complexity index is 370. The summed E-state index contributed by atoms with van der Waals surface area (Å²) in [7, 11) is 0. The maximum atomic E-state index is 3.61. The lowest BCUT2D eigenvalue weighted by Crippen LogP contribution is -2.42. The van der Waals surface area contributed by atoms with Crippen LogP contribution in [-0.2, 0) is 6.54 Å². The van der Waals surface area contributed by atoms with E-state index >= 15 is 0 Å². The molecule has 0 radical (unpaired) electrons. The monoisotopic (exact) mass is 294 g/mol. The van der Waals surface area contributed by atoms with Crippen LogP contribution in [0.5, 0.6) is 0 Å². The van der Waals surface area contributed by atoms with Gasteiger partial charge in [-0.25, -0.2) is 0 Å². The Kier molecular flexibility index (Phi) is 6.06. The van der Waals surface area contributed by atoms with E-state index in [1.807, 2.05) is 11.3 Å². The summed E-state index contributed by atoms with van der Waals surface area (Å²) in [5.41, 5.74) is 1.48. The molecule has 1 heterocycles. The van der Waals surface area contributed by atoms with Crippen LogP contribution in [0.4, 0.5) is 0 Å². The van der Waals surface area contributed by atoms with Gasteiger partial charge in [0.1, 0.15) is 0 Å². The molecule has 1 fully saturated rings. The van der Waals surface area contributed by atoms with Gasteiger partial charge in [0.05, 0.1) is 0 Å². The molecule has 0 aromatic carbocycles. The van der Waals surface area contributed by atoms with Gasteiger partial charge in [-0.3, -0.25) is 4.90 Å². The van der Waals surface area contributed by atoms with Crippen molar-refractivity contribution in [2.24, 2.45) is 11.8 Å². The van der Waals surface area contributed by atoms with Gasteiger partial charge in [-0.15, -0.1) is 0 Å². The molecule has 0 aliphatic heterocycles. The van der Waals surface area contributed by atoms with Gasteiger partial charge in [-0.1, -0.05) is 20.8 Å². The molecule has 114 valence electrons. The summed E-state index contributed by atoms with van der Waals surface area (Å²) in [5.74, 6) is 1.44. The molecule has 0 saturated heterocycles. The lowest BCUT2D eigenvalue weighted by Gasteiger charge is -2.33. The van der Waals surface area contributed by atoms with Crippen molar-refractivity contribution in [2.45, 2.75) is 59.2 Å². The van der Waals surface area contributed by atoms with E-state index in [0.717, 1.165) is 31.6 Å². The summed E-state index contributed by atoms with van der Waals surface area (Å²) in [4.78, 5) is 2.73. The number of hydrogen-bond donors (Lipinski definition) is 1. The van der Waals surface area contributed by atoms with Crippen LogP contribution >= 0.6 is 11.3 Å². The molecule has 1 aromatic heterocycles. The van der Waals surface area contributed by atoms with Crippen molar-refractivity contribution in [3.63, 3.8) is 0 Å². The highest BCUT2D eigenvalue weighted by Gasteiger charge is 2.33. The van der Waals surface area contributed by atoms with E-state index in [0.29, 0.717) is 12.0 Å². The number of nitrogens with zero attached hydrogens (tertiary/aromatic N) is 1. The minimum atomic E-state index is 0.655. The third-order valence-corrected chi connectivity index (χ3v) is 5.06. The second-order valence-corrected chi connectivity index (χ2v) is 7.59. The van der Waals surface area contributed by atoms with Crippen LogP contribution in [0, 0.1) is 11.8 Å². The summed E-state index contributed by atoms with van der Waals surface area (Å²) < 4.78 is 0. The molecule has 0 amide bonds. The highest BCUT2D eigenvalue weighted by atomic mass is 32.1. The first-order valence-corrected chi connectivity index (χ1v) is 8.99. The van der Waals surface area contributed by atoms with Gasteiger partial charge >= 0.3 is 0 Å². The number of thiophene rings is 1. The highest BCUT2D eigenvalue weighted by Crippen LogP contribution is 2.32. The molecule has 1 aromatic rings. The summed E-state index contributed by atoms with van der Waals surface area (Å²) in [6.07, 6.45) is 2.78. The lowest BCUT2D eigenvalue weighted by atomic mass is 10.0. The molecule has 0 bridgehead atoms. The summed E-state index contributed by atoms with van der Waals surface area (Å²) in [6.45, 7) is 12.7. The highest BCUT2D eigenvalue weighted by molar-refractivity contribution is 7.07. The SMILES string of the molecule is CC(C)CNCC(C)C(C)N(Cc1ccsc1)C1CC1. The maximum absolute atomic E-state index is 3.61. The van der Waals surface area contributed by atoms with Gasteiger partial charge in [0.25, 0.3) is 0 Å². The lowest BCUT2D eigenvalue weighted by molar-refractivity contribution is 0.142. The van der Waals surface area contributed by atoms with Crippen LogP contribution in [0.15, 0.2) is 16.8 Å². The van der Waals surface area contributed by atoms with Crippen molar-refractivity contribution in [1.82, 2.24) is 10.2 Å². The van der Waals surface area contributed by atoms with Crippen molar-refractivity contribution in [1.29, 1.82) is 0 Å². The normalized spacial score (nSPS) is 18.7. The first kappa shape index (κ1) is 16.0. The van der Waals surface area contributed by atoms with Gasteiger partial charge in [0.15, 0.2) is 0 Å². The van der Waals surface area contributed by atoms with Gasteiger partial charge in [-0.05, 0) is 67.1 Å². The van der Waals surface area contributed by atoms with E-state index in [1.165, 1.54) is 18.4 Å². The number of hydrogen-bond acceptors (Lipinski definition) is 3. The Balaban J connectivity index is 1.84. The summed E-state index contributed by atoms with van der Waals surface area (Å²) in [5, 5.41) is 8.10. The number of nitrogens with one attached hydrogen (secondary N) is 1. The van der Waals surface area contributed by atoms with Crippen LogP contribution in [0.3, 0.4) is 0 Å². The average molecular weight is 295 g/mol. The predicted molar refractivity (Wildman–Crippen MR) is 89.2 cm³/mol. The molecular formula is C17H30N2S. The predicted octanol–water partition coefficient (Wildman–Crippen LogP) is 3.98. The smallest absolute Gasteiger partial charge is 0.0247 e. The molecule has 3 heteroatoms. The van der Waals surface area contributed by atoms with E-state index in [2.05, 4.69) is 54.7 Å². The van der Waals surface area contributed by atoms with Gasteiger partial charge in [-0.2, -0.15) is 11.3 Å². The Morgan fingerprint density at radius 3 is 2.55 bits per heavy atom. The first-order valence-electron chi connectivity index (χ1n) is 8.05. The van der Waals surface area contributed by atoms with Crippen LogP contribution in [0.1, 0.15) is 46.1 Å². The quantitative estimate of drug-likeness (QED) is 0.741. The molecular weight excluding hydrogens is 264 g/mol. The molecule has 20 heavy (non-hydrogen) atoms. The molecule has 2 unspecified atom stereocenters. The second-order valence-electron chi connectivity index (χ2n) is 6.81. The zero-order valence-electron chi connectivity index (χ0n) is 13.4. The van der Waals surface area contributed by atoms with Crippen molar-refractivity contribution in [2.75, 3.05) is 13.1 Å². The summed E-state index contributed by atoms with van der Waals surface area (Å²) in [6, 6.07) is 3.76. The van der Waals surface area contributed by atoms with Crippen LogP contribution in [-0.4, -0.2) is 30.1 Å². The third kappa shape index (κ3) is 4.87. The van der Waals surface area contributed by atoms with Gasteiger partial charge in [0.2, 0.25) is 0 Å². The topological polar surface area (TPSA) is 15.3 Å². The molecule has 1 aliphatic rings. The first-order chi connectivity index (χ1) is 9.58. The van der Waals surface area contributed by atoms with Gasteiger partial charge < -0.3 is 5.32 Å². The fourth-order valence-electron chi connectivity index (χ4n) is 2.70. The fraction of sp³-hybridized carbons (Fsp3) is 0.765. The Morgan fingerprint density at radius 1 is 1.25 bits per heavy atom. The molecule has 2 atom stereocenters. The van der Waals surface area contributed by atoms with E-state index in [9.17, 15) is 0 Å². The molecule has 1 N–H and O–H groups in total. The standard InChI is InChI=1S/C17H30N2S/c1-13(2)9-18-10-14(3)15(4)19(17-5-6-17)11-16-7-8-20-12-16/h7-8,12-15,17-18H,5-6,9-11H2,1-4H3. The van der Waals surface area contributed by atoms with E-state index in [-0.39, 0.29) is 0 Å². The Hall–Kier alpha value is -0.380. The second kappa shape index (κ2) is 7.58. The molecule has 0 spiro atoms. The van der Waals surface area contributed by atoms with Crippen molar-refractivity contribution >= 4 is 11.3 Å². The fourth-order valence-corrected chi connectivity index (χ4v) is 3.36. The van der Waals surface area contributed by atoms with Gasteiger partial charge in [0, 0.05) is 18.6 Å². The molecule has 2 rings (SSSR count). The van der Waals surface area contributed by atoms with Crippen molar-refractivity contribution in [3.8, 4) is 0 Å². The number of rotatable bonds is 9. The molecule has 1 aliphatic carbocycles. The van der Waals surface area contributed by atoms with Crippen LogP contribution in [0.25, 0.3) is 0 Å². The average Bonchev–Trinajstić information content (AvgIpc) is 3.11. The third-order valence-electron chi connectivity index (χ3n) is 4.33. The Morgan fingerprint density at radius 2 is 2.00 bits per heavy atom. The largest absolute Gasteiger partial charge is 0.316 e. The van der Waals surface area contributed by atoms with E-state index < -0.39 is 0 Å².